The zero-order valence-electron chi connectivity index (χ0n) is 14.3. The van der Waals surface area contributed by atoms with Crippen molar-refractivity contribution in [3.63, 3.8) is 0 Å². The zero-order chi connectivity index (χ0) is 16.8. The van der Waals surface area contributed by atoms with Gasteiger partial charge in [-0.2, -0.15) is 5.10 Å². The maximum absolute atomic E-state index is 4.63. The van der Waals surface area contributed by atoms with Crippen LogP contribution in [0.1, 0.15) is 19.4 Å². The van der Waals surface area contributed by atoms with Crippen LogP contribution in [0.2, 0.25) is 0 Å². The predicted molar refractivity (Wildman–Crippen MR) is 99.9 cm³/mol. The normalized spacial score (nSPS) is 11.0. The fourth-order valence-corrected chi connectivity index (χ4v) is 2.72. The van der Waals surface area contributed by atoms with Crippen molar-refractivity contribution < 1.29 is 0 Å². The first-order valence-electron chi connectivity index (χ1n) is 8.48. The van der Waals surface area contributed by atoms with Crippen LogP contribution >= 0.6 is 0 Å². The van der Waals surface area contributed by atoms with Gasteiger partial charge in [-0.05, 0) is 36.9 Å². The summed E-state index contributed by atoms with van der Waals surface area (Å²) >= 11 is 0. The fraction of sp³-hybridized carbons (Fsp3) is 0.250. The van der Waals surface area contributed by atoms with Gasteiger partial charge >= 0.3 is 0 Å². The monoisotopic (exact) mass is 320 g/mol. The SMILES string of the molecule is CCN(CC)Cc1ccccc1Nc1ccn(-c2ccccc2)n1. The van der Waals surface area contributed by atoms with Gasteiger partial charge in [-0.3, -0.25) is 4.90 Å². The van der Waals surface area contributed by atoms with Gasteiger partial charge in [0.15, 0.2) is 5.82 Å². The molecule has 4 heteroatoms. The summed E-state index contributed by atoms with van der Waals surface area (Å²) in [6.45, 7) is 7.43. The van der Waals surface area contributed by atoms with Crippen molar-refractivity contribution in [2.45, 2.75) is 20.4 Å². The first-order chi connectivity index (χ1) is 11.8. The van der Waals surface area contributed by atoms with E-state index in [0.29, 0.717) is 0 Å². The van der Waals surface area contributed by atoms with Crippen LogP contribution in [0.3, 0.4) is 0 Å². The maximum atomic E-state index is 4.63. The van der Waals surface area contributed by atoms with Gasteiger partial charge in [-0.15, -0.1) is 0 Å². The van der Waals surface area contributed by atoms with Crippen molar-refractivity contribution in [2.75, 3.05) is 18.4 Å². The molecule has 1 aromatic heterocycles. The Balaban J connectivity index is 1.78. The molecule has 1 heterocycles. The van der Waals surface area contributed by atoms with Crippen LogP contribution in [0.5, 0.6) is 0 Å². The summed E-state index contributed by atoms with van der Waals surface area (Å²) < 4.78 is 1.88. The molecule has 24 heavy (non-hydrogen) atoms. The van der Waals surface area contributed by atoms with Crippen molar-refractivity contribution in [1.29, 1.82) is 0 Å². The average Bonchev–Trinajstić information content (AvgIpc) is 3.10. The Hall–Kier alpha value is -2.59. The van der Waals surface area contributed by atoms with Crippen molar-refractivity contribution in [1.82, 2.24) is 14.7 Å². The van der Waals surface area contributed by atoms with E-state index in [9.17, 15) is 0 Å². The summed E-state index contributed by atoms with van der Waals surface area (Å²) in [5.41, 5.74) is 3.46. The molecule has 0 unspecified atom stereocenters. The number of para-hydroxylation sites is 2. The Morgan fingerprint density at radius 2 is 1.62 bits per heavy atom. The number of nitrogens with one attached hydrogen (secondary N) is 1. The van der Waals surface area contributed by atoms with Gasteiger partial charge in [0.2, 0.25) is 0 Å². The molecule has 3 rings (SSSR count). The molecule has 4 nitrogen and oxygen atoms in total. The largest absolute Gasteiger partial charge is 0.338 e. The molecule has 0 radical (unpaired) electrons. The number of aromatic nitrogens is 2. The minimum atomic E-state index is 0.853. The highest BCUT2D eigenvalue weighted by molar-refractivity contribution is 5.60. The summed E-state index contributed by atoms with van der Waals surface area (Å²) in [5, 5.41) is 8.09. The van der Waals surface area contributed by atoms with E-state index in [1.165, 1.54) is 5.56 Å². The van der Waals surface area contributed by atoms with Gasteiger partial charge in [0.1, 0.15) is 0 Å². The lowest BCUT2D eigenvalue weighted by molar-refractivity contribution is 0.296. The Bertz CT molecular complexity index is 760. The minimum absolute atomic E-state index is 0.853. The van der Waals surface area contributed by atoms with Crippen LogP contribution < -0.4 is 5.32 Å². The molecule has 0 aliphatic heterocycles. The van der Waals surface area contributed by atoms with Gasteiger partial charge in [-0.25, -0.2) is 4.68 Å². The third kappa shape index (κ3) is 3.84. The van der Waals surface area contributed by atoms with Gasteiger partial charge < -0.3 is 5.32 Å². The van der Waals surface area contributed by atoms with Crippen LogP contribution in [-0.2, 0) is 6.54 Å². The second kappa shape index (κ2) is 7.79. The van der Waals surface area contributed by atoms with Gasteiger partial charge in [0.25, 0.3) is 0 Å². The number of nitrogens with zero attached hydrogens (tertiary/aromatic N) is 3. The van der Waals surface area contributed by atoms with E-state index in [0.717, 1.165) is 36.8 Å². The quantitative estimate of drug-likeness (QED) is 0.698. The first kappa shape index (κ1) is 16.3. The van der Waals surface area contributed by atoms with Crippen LogP contribution in [0, 0.1) is 0 Å². The predicted octanol–water partition coefficient (Wildman–Crippen LogP) is 4.46. The molecule has 0 spiro atoms. The molecule has 2 aromatic carbocycles. The van der Waals surface area contributed by atoms with E-state index < -0.39 is 0 Å². The third-order valence-electron chi connectivity index (χ3n) is 4.18. The Morgan fingerprint density at radius 1 is 0.917 bits per heavy atom. The van der Waals surface area contributed by atoms with Crippen molar-refractivity contribution in [3.05, 3.63) is 72.4 Å². The molecule has 0 saturated heterocycles. The smallest absolute Gasteiger partial charge is 0.152 e. The van der Waals surface area contributed by atoms with Crippen LogP contribution in [-0.4, -0.2) is 27.8 Å². The molecule has 0 amide bonds. The number of benzene rings is 2. The molecule has 0 aliphatic carbocycles. The lowest BCUT2D eigenvalue weighted by Gasteiger charge is -2.20. The van der Waals surface area contributed by atoms with Crippen molar-refractivity contribution in [2.24, 2.45) is 0 Å². The molecule has 0 aliphatic rings. The van der Waals surface area contributed by atoms with E-state index in [-0.39, 0.29) is 0 Å². The van der Waals surface area contributed by atoms with E-state index >= 15 is 0 Å². The molecule has 124 valence electrons. The van der Waals surface area contributed by atoms with Crippen LogP contribution in [0.15, 0.2) is 66.9 Å². The van der Waals surface area contributed by atoms with Crippen LogP contribution in [0.25, 0.3) is 5.69 Å². The maximum Gasteiger partial charge on any atom is 0.152 e. The summed E-state index contributed by atoms with van der Waals surface area (Å²) in [6, 6.07) is 20.6. The summed E-state index contributed by atoms with van der Waals surface area (Å²) in [6.07, 6.45) is 1.98. The Labute approximate surface area is 143 Å². The highest BCUT2D eigenvalue weighted by atomic mass is 15.3. The summed E-state index contributed by atoms with van der Waals surface area (Å²) in [7, 11) is 0. The lowest BCUT2D eigenvalue weighted by atomic mass is 10.1. The van der Waals surface area contributed by atoms with E-state index in [1.807, 2.05) is 47.3 Å². The molecule has 0 atom stereocenters. The molecule has 1 N–H and O–H groups in total. The van der Waals surface area contributed by atoms with E-state index in [2.05, 4.69) is 53.4 Å². The molecule has 0 fully saturated rings. The topological polar surface area (TPSA) is 33.1 Å². The fourth-order valence-electron chi connectivity index (χ4n) is 2.72. The highest BCUT2D eigenvalue weighted by Gasteiger charge is 2.08. The number of anilines is 2. The van der Waals surface area contributed by atoms with Crippen molar-refractivity contribution >= 4 is 11.5 Å². The number of hydrogen-bond donors (Lipinski definition) is 1. The van der Waals surface area contributed by atoms with Crippen LogP contribution in [0.4, 0.5) is 11.5 Å². The molecule has 0 bridgehead atoms. The number of hydrogen-bond acceptors (Lipinski definition) is 3. The molecule has 0 saturated carbocycles. The minimum Gasteiger partial charge on any atom is -0.338 e. The molecule has 3 aromatic rings. The highest BCUT2D eigenvalue weighted by Crippen LogP contribution is 2.21. The summed E-state index contributed by atoms with van der Waals surface area (Å²) in [4.78, 5) is 2.41. The number of rotatable bonds is 7. The van der Waals surface area contributed by atoms with Gasteiger partial charge in [0, 0.05) is 24.5 Å². The van der Waals surface area contributed by atoms with Crippen molar-refractivity contribution in [3.8, 4) is 5.69 Å². The second-order valence-corrected chi connectivity index (χ2v) is 5.72. The molecular formula is C20H24N4. The Kier molecular flexibility index (Phi) is 5.29. The molecular weight excluding hydrogens is 296 g/mol. The van der Waals surface area contributed by atoms with Gasteiger partial charge in [-0.1, -0.05) is 50.2 Å². The average molecular weight is 320 g/mol. The second-order valence-electron chi connectivity index (χ2n) is 5.72. The van der Waals surface area contributed by atoms with E-state index in [1.54, 1.807) is 0 Å². The van der Waals surface area contributed by atoms with Gasteiger partial charge in [0.05, 0.1) is 5.69 Å². The Morgan fingerprint density at radius 3 is 2.38 bits per heavy atom. The van der Waals surface area contributed by atoms with E-state index in [4.69, 9.17) is 0 Å². The third-order valence-corrected chi connectivity index (χ3v) is 4.18. The summed E-state index contributed by atoms with van der Waals surface area (Å²) in [5.74, 6) is 0.853. The first-order valence-corrected chi connectivity index (χ1v) is 8.48. The zero-order valence-corrected chi connectivity index (χ0v) is 14.3. The standard InChI is InChI=1S/C20H24N4/c1-3-23(4-2)16-17-10-8-9-13-19(17)21-20-14-15-24(22-20)18-11-6-5-7-12-18/h5-15H,3-4,16H2,1-2H3,(H,21,22). The lowest BCUT2D eigenvalue weighted by Crippen LogP contribution is -2.22.